The van der Waals surface area contributed by atoms with E-state index in [1.54, 1.807) is 7.05 Å². The van der Waals surface area contributed by atoms with Gasteiger partial charge in [0.1, 0.15) is 11.3 Å². The number of alkyl halides is 3. The molecule has 1 aliphatic rings. The zero-order valence-electron chi connectivity index (χ0n) is 16.8. The number of phenols is 2. The molecule has 2 aromatic carbocycles. The van der Waals surface area contributed by atoms with Crippen LogP contribution in [0.2, 0.25) is 5.02 Å². The van der Waals surface area contributed by atoms with E-state index in [9.17, 15) is 33.3 Å². The number of benzene rings is 2. The topological polar surface area (TPSA) is 94.1 Å². The van der Waals surface area contributed by atoms with E-state index in [0.29, 0.717) is 13.0 Å². The number of aliphatic hydroxyl groups excluding tert-OH is 1. The summed E-state index contributed by atoms with van der Waals surface area (Å²) in [6.07, 6.45) is -4.21. The number of phenolic OH excluding ortho intramolecular Hbond substituents is 2. The Bertz CT molecular complexity index is 1260. The van der Waals surface area contributed by atoms with Crippen molar-refractivity contribution in [3.63, 3.8) is 0 Å². The molecule has 6 nitrogen and oxygen atoms in total. The number of nitrogens with zero attached hydrogens (tertiary/aromatic N) is 1. The molecule has 170 valence electrons. The summed E-state index contributed by atoms with van der Waals surface area (Å²) >= 11 is 6.01. The highest BCUT2D eigenvalue weighted by Crippen LogP contribution is 2.46. The predicted octanol–water partition coefficient (Wildman–Crippen LogP) is 4.32. The Hall–Kier alpha value is -2.75. The molecule has 1 fully saturated rings. The minimum absolute atomic E-state index is 0.0478. The van der Waals surface area contributed by atoms with Gasteiger partial charge in [0.25, 0.3) is 0 Å². The average Bonchev–Trinajstić information content (AvgIpc) is 3.08. The average molecular weight is 470 g/mol. The van der Waals surface area contributed by atoms with Gasteiger partial charge < -0.3 is 24.6 Å². The molecular formula is C22H19ClF3NO5. The smallest absolute Gasteiger partial charge is 0.417 e. The molecule has 3 N–H and O–H groups in total. The summed E-state index contributed by atoms with van der Waals surface area (Å²) in [6, 6.07) is 4.88. The number of halogens is 4. The summed E-state index contributed by atoms with van der Waals surface area (Å²) in [6.45, 7) is 0.330. The van der Waals surface area contributed by atoms with Crippen LogP contribution in [0.15, 0.2) is 39.5 Å². The predicted molar refractivity (Wildman–Crippen MR) is 112 cm³/mol. The number of aromatic hydroxyl groups is 2. The molecule has 1 aliphatic heterocycles. The van der Waals surface area contributed by atoms with Gasteiger partial charge >= 0.3 is 6.18 Å². The van der Waals surface area contributed by atoms with Crippen molar-refractivity contribution >= 4 is 22.6 Å². The van der Waals surface area contributed by atoms with Crippen molar-refractivity contribution in [1.29, 1.82) is 0 Å². The molecule has 0 unspecified atom stereocenters. The van der Waals surface area contributed by atoms with Crippen LogP contribution in [0.5, 0.6) is 11.5 Å². The first kappa shape index (κ1) is 22.4. The standard InChI is InChI=1S/C22H19ClF3NO5/c1-27-6-5-10(14(27)9-28)18-20(31)16(30)7-12-15(29)8-17(32-21(12)18)11-3-2-4-13(19(11)23)22(24,25)26/h2-4,7-8,10,14,28,30-31H,5-6,9H2,1H3/t10-,14+/m1/s1. The number of likely N-dealkylation sites (N-methyl/N-ethyl adjacent to an activating group) is 1. The molecule has 0 amide bonds. The maximum Gasteiger partial charge on any atom is 0.417 e. The maximum atomic E-state index is 13.3. The van der Waals surface area contributed by atoms with Crippen LogP contribution in [0, 0.1) is 0 Å². The number of hydrogen-bond donors (Lipinski definition) is 3. The van der Waals surface area contributed by atoms with Crippen LogP contribution in [-0.4, -0.2) is 46.5 Å². The van der Waals surface area contributed by atoms with Gasteiger partial charge in [0.15, 0.2) is 16.9 Å². The van der Waals surface area contributed by atoms with Crippen LogP contribution < -0.4 is 5.43 Å². The zero-order chi connectivity index (χ0) is 23.4. The van der Waals surface area contributed by atoms with Crippen LogP contribution in [0.1, 0.15) is 23.5 Å². The van der Waals surface area contributed by atoms with Crippen LogP contribution in [-0.2, 0) is 6.18 Å². The van der Waals surface area contributed by atoms with E-state index >= 15 is 0 Å². The van der Waals surface area contributed by atoms with Gasteiger partial charge in [-0.2, -0.15) is 13.2 Å². The van der Waals surface area contributed by atoms with Gasteiger partial charge in [-0.15, -0.1) is 0 Å². The van der Waals surface area contributed by atoms with Gasteiger partial charge in [-0.1, -0.05) is 17.7 Å². The molecule has 0 spiro atoms. The van der Waals surface area contributed by atoms with Crippen LogP contribution in [0.4, 0.5) is 13.2 Å². The lowest BCUT2D eigenvalue weighted by atomic mass is 9.89. The molecule has 0 radical (unpaired) electrons. The van der Waals surface area contributed by atoms with E-state index in [4.69, 9.17) is 16.0 Å². The molecule has 1 saturated heterocycles. The zero-order valence-corrected chi connectivity index (χ0v) is 17.5. The summed E-state index contributed by atoms with van der Waals surface area (Å²) < 4.78 is 45.7. The summed E-state index contributed by atoms with van der Waals surface area (Å²) in [4.78, 5) is 14.7. The van der Waals surface area contributed by atoms with Crippen molar-refractivity contribution < 1.29 is 32.9 Å². The Morgan fingerprint density at radius 3 is 2.62 bits per heavy atom. The van der Waals surface area contributed by atoms with Gasteiger partial charge in [0, 0.05) is 29.2 Å². The van der Waals surface area contributed by atoms with Crippen LogP contribution >= 0.6 is 11.6 Å². The summed E-state index contributed by atoms with van der Waals surface area (Å²) in [5.41, 5.74) is -1.80. The third kappa shape index (κ3) is 3.60. The van der Waals surface area contributed by atoms with E-state index in [1.807, 2.05) is 4.90 Å². The fourth-order valence-electron chi connectivity index (χ4n) is 4.32. The molecule has 0 saturated carbocycles. The van der Waals surface area contributed by atoms with E-state index in [-0.39, 0.29) is 34.5 Å². The van der Waals surface area contributed by atoms with Crippen molar-refractivity contribution in [3.05, 3.63) is 56.7 Å². The molecule has 1 aromatic heterocycles. The molecule has 10 heteroatoms. The normalized spacial score (nSPS) is 19.7. The number of hydrogen-bond acceptors (Lipinski definition) is 6. The van der Waals surface area contributed by atoms with E-state index in [2.05, 4.69) is 0 Å². The molecule has 32 heavy (non-hydrogen) atoms. The lowest BCUT2D eigenvalue weighted by Gasteiger charge is -2.24. The first-order valence-corrected chi connectivity index (χ1v) is 10.1. The lowest BCUT2D eigenvalue weighted by Crippen LogP contribution is -2.32. The SMILES string of the molecule is CN1CC[C@@H](c2c(O)c(O)cc3c(=O)cc(-c4cccc(C(F)(F)F)c4Cl)oc23)[C@@H]1CO. The third-order valence-corrected chi connectivity index (χ3v) is 6.37. The number of fused-ring (bicyclic) bond motifs is 1. The van der Waals surface area contributed by atoms with Gasteiger partial charge in [0.2, 0.25) is 0 Å². The van der Waals surface area contributed by atoms with Gasteiger partial charge in [0.05, 0.1) is 22.6 Å². The summed E-state index contributed by atoms with van der Waals surface area (Å²) in [7, 11) is 1.78. The van der Waals surface area contributed by atoms with Crippen molar-refractivity contribution in [2.75, 3.05) is 20.2 Å². The second-order valence-electron chi connectivity index (χ2n) is 7.80. The summed E-state index contributed by atoms with van der Waals surface area (Å²) in [5, 5.41) is 30.0. The number of rotatable bonds is 3. The Morgan fingerprint density at radius 2 is 1.97 bits per heavy atom. The molecule has 2 atom stereocenters. The molecule has 0 bridgehead atoms. The highest BCUT2D eigenvalue weighted by atomic mass is 35.5. The van der Waals surface area contributed by atoms with Crippen molar-refractivity contribution in [2.24, 2.45) is 0 Å². The Labute approximate surface area is 185 Å². The molecule has 4 rings (SSSR count). The van der Waals surface area contributed by atoms with Crippen molar-refractivity contribution in [2.45, 2.75) is 24.6 Å². The second-order valence-corrected chi connectivity index (χ2v) is 8.18. The van der Waals surface area contributed by atoms with Gasteiger partial charge in [-0.05, 0) is 38.2 Å². The largest absolute Gasteiger partial charge is 0.504 e. The highest BCUT2D eigenvalue weighted by molar-refractivity contribution is 6.34. The first-order valence-electron chi connectivity index (χ1n) is 9.74. The van der Waals surface area contributed by atoms with E-state index < -0.39 is 45.6 Å². The Balaban J connectivity index is 2.01. The molecule has 0 aliphatic carbocycles. The van der Waals surface area contributed by atoms with Crippen LogP contribution in [0.25, 0.3) is 22.3 Å². The molecule has 2 heterocycles. The Kier molecular flexibility index (Phi) is 5.60. The van der Waals surface area contributed by atoms with Gasteiger partial charge in [-0.3, -0.25) is 4.79 Å². The number of likely N-dealkylation sites (tertiary alicyclic amines) is 1. The van der Waals surface area contributed by atoms with Crippen LogP contribution in [0.3, 0.4) is 0 Å². The lowest BCUT2D eigenvalue weighted by molar-refractivity contribution is -0.137. The fraction of sp³-hybridized carbons (Fsp3) is 0.318. The number of aliphatic hydroxyl groups is 1. The fourth-order valence-corrected chi connectivity index (χ4v) is 4.65. The van der Waals surface area contributed by atoms with Crippen molar-refractivity contribution in [3.8, 4) is 22.8 Å². The first-order chi connectivity index (χ1) is 15.0. The third-order valence-electron chi connectivity index (χ3n) is 5.96. The van der Waals surface area contributed by atoms with Gasteiger partial charge in [-0.25, -0.2) is 0 Å². The highest BCUT2D eigenvalue weighted by Gasteiger charge is 2.37. The second kappa shape index (κ2) is 7.99. The Morgan fingerprint density at radius 1 is 1.25 bits per heavy atom. The molecular weight excluding hydrogens is 451 g/mol. The minimum atomic E-state index is -4.71. The summed E-state index contributed by atoms with van der Waals surface area (Å²) in [5.74, 6) is -1.74. The molecule has 3 aromatic rings. The van der Waals surface area contributed by atoms with E-state index in [1.165, 1.54) is 6.07 Å². The van der Waals surface area contributed by atoms with E-state index in [0.717, 1.165) is 24.3 Å². The van der Waals surface area contributed by atoms with Crippen molar-refractivity contribution in [1.82, 2.24) is 4.90 Å². The quantitative estimate of drug-likeness (QED) is 0.494. The maximum absolute atomic E-state index is 13.3. The minimum Gasteiger partial charge on any atom is -0.504 e. The monoisotopic (exact) mass is 469 g/mol.